The van der Waals surface area contributed by atoms with E-state index in [1.165, 1.54) is 55.0 Å². The highest BCUT2D eigenvalue weighted by atomic mass is 32.2. The molecule has 3 heterocycles. The van der Waals surface area contributed by atoms with Gasteiger partial charge in [0.15, 0.2) is 11.6 Å². The summed E-state index contributed by atoms with van der Waals surface area (Å²) in [6.07, 6.45) is 4.18. The molecule has 0 saturated carbocycles. The number of nitrogens with one attached hydrogen (secondary N) is 2. The van der Waals surface area contributed by atoms with Gasteiger partial charge >= 0.3 is 0 Å². The molecule has 0 bridgehead atoms. The third kappa shape index (κ3) is 7.33. The summed E-state index contributed by atoms with van der Waals surface area (Å²) >= 11 is 0. The van der Waals surface area contributed by atoms with E-state index in [2.05, 4.69) is 20.6 Å². The monoisotopic (exact) mass is 746 g/mol. The maximum absolute atomic E-state index is 14.0. The molecule has 0 atom stereocenters. The number of anilines is 1. The molecule has 0 aliphatic heterocycles. The summed E-state index contributed by atoms with van der Waals surface area (Å²) < 4.78 is 62.5. The number of halogens is 2. The van der Waals surface area contributed by atoms with Gasteiger partial charge in [0.2, 0.25) is 5.91 Å². The number of carbonyl (C=O) groups is 2. The first-order valence-corrected chi connectivity index (χ1v) is 17.7. The normalized spacial score (nSPS) is 11.3. The van der Waals surface area contributed by atoms with E-state index in [9.17, 15) is 31.6 Å². The lowest BCUT2D eigenvalue weighted by atomic mass is 10.2. The van der Waals surface area contributed by atoms with Gasteiger partial charge in [0.1, 0.15) is 29.6 Å². The Bertz CT molecular complexity index is 2690. The van der Waals surface area contributed by atoms with Crippen molar-refractivity contribution in [3.05, 3.63) is 167 Å². The first-order chi connectivity index (χ1) is 26.1. The molecular weight excluding hydrogens is 719 g/mol. The Morgan fingerprint density at radius 2 is 1.56 bits per heavy atom. The minimum Gasteiger partial charge on any atom is -0.454 e. The van der Waals surface area contributed by atoms with E-state index in [-0.39, 0.29) is 45.7 Å². The quantitative estimate of drug-likeness (QED) is 0.160. The Kier molecular flexibility index (Phi) is 9.79. The van der Waals surface area contributed by atoms with E-state index in [1.54, 1.807) is 60.7 Å². The molecule has 0 radical (unpaired) electrons. The molecule has 0 spiro atoms. The number of hydrogen-bond donors (Lipinski definition) is 2. The Labute approximate surface area is 306 Å². The summed E-state index contributed by atoms with van der Waals surface area (Å²) in [7, 11) is -4.07. The van der Waals surface area contributed by atoms with Gasteiger partial charge in [0.05, 0.1) is 28.8 Å². The molecule has 0 aliphatic carbocycles. The van der Waals surface area contributed by atoms with E-state index in [1.807, 2.05) is 0 Å². The number of benzene rings is 4. The molecule has 0 unspecified atom stereocenters. The molecule has 15 heteroatoms. The summed E-state index contributed by atoms with van der Waals surface area (Å²) in [4.78, 5) is 49.1. The molecular formula is C39H28F2N6O6S. The first kappa shape index (κ1) is 35.4. The molecule has 2 N–H and O–H groups in total. The molecule has 0 aliphatic rings. The molecule has 7 aromatic rings. The van der Waals surface area contributed by atoms with Crippen LogP contribution in [0.3, 0.4) is 0 Å². The second-order valence-electron chi connectivity index (χ2n) is 11.8. The van der Waals surface area contributed by atoms with Gasteiger partial charge in [0, 0.05) is 35.0 Å². The van der Waals surface area contributed by atoms with Crippen molar-refractivity contribution in [1.29, 1.82) is 0 Å². The lowest BCUT2D eigenvalue weighted by Gasteiger charge is -2.15. The van der Waals surface area contributed by atoms with Crippen LogP contribution in [0.2, 0.25) is 0 Å². The zero-order valence-electron chi connectivity index (χ0n) is 28.0. The van der Waals surface area contributed by atoms with Crippen molar-refractivity contribution in [2.24, 2.45) is 0 Å². The van der Waals surface area contributed by atoms with Gasteiger partial charge in [-0.05, 0) is 60.7 Å². The predicted octanol–water partition coefficient (Wildman–Crippen LogP) is 6.14. The maximum Gasteiger partial charge on any atom is 0.278 e. The highest BCUT2D eigenvalue weighted by molar-refractivity contribution is 7.90. The summed E-state index contributed by atoms with van der Waals surface area (Å²) in [6.45, 7) is -0.745. The Balaban J connectivity index is 1.13. The van der Waals surface area contributed by atoms with E-state index >= 15 is 0 Å². The van der Waals surface area contributed by atoms with Crippen LogP contribution in [-0.4, -0.2) is 38.7 Å². The van der Waals surface area contributed by atoms with Crippen LogP contribution in [0.1, 0.15) is 16.1 Å². The van der Waals surface area contributed by atoms with Crippen LogP contribution in [-0.2, 0) is 27.9 Å². The summed E-state index contributed by atoms with van der Waals surface area (Å²) in [5.74, 6) is -2.86. The van der Waals surface area contributed by atoms with E-state index in [0.717, 1.165) is 20.7 Å². The second kappa shape index (κ2) is 14.9. The number of nitrogens with zero attached hydrogens (tertiary/aromatic N) is 4. The van der Waals surface area contributed by atoms with Crippen molar-refractivity contribution in [3.8, 4) is 22.9 Å². The van der Waals surface area contributed by atoms with Gasteiger partial charge < -0.3 is 15.4 Å². The van der Waals surface area contributed by atoms with Crippen LogP contribution in [0.4, 0.5) is 14.5 Å². The number of amides is 2. The topological polar surface area (TPSA) is 154 Å². The summed E-state index contributed by atoms with van der Waals surface area (Å²) in [5, 5.41) is 5.79. The van der Waals surface area contributed by atoms with Crippen LogP contribution in [0.15, 0.2) is 144 Å². The average molecular weight is 747 g/mol. The fraction of sp³-hybridized carbons (Fsp3) is 0.0513. The van der Waals surface area contributed by atoms with Crippen LogP contribution in [0.25, 0.3) is 22.3 Å². The first-order valence-electron chi connectivity index (χ1n) is 16.3. The molecule has 4 aromatic carbocycles. The number of fused-ring (bicyclic) bond motifs is 1. The Hall–Kier alpha value is -7.00. The van der Waals surface area contributed by atoms with Crippen molar-refractivity contribution in [3.63, 3.8) is 0 Å². The van der Waals surface area contributed by atoms with Gasteiger partial charge in [0.25, 0.3) is 21.5 Å². The fourth-order valence-corrected chi connectivity index (χ4v) is 7.24. The fourth-order valence-electron chi connectivity index (χ4n) is 5.68. The summed E-state index contributed by atoms with van der Waals surface area (Å²) in [6, 6.07) is 28.2. The molecule has 12 nitrogen and oxygen atoms in total. The second-order valence-corrected chi connectivity index (χ2v) is 13.6. The van der Waals surface area contributed by atoms with Gasteiger partial charge in [-0.2, -0.15) is 0 Å². The predicted molar refractivity (Wildman–Crippen MR) is 195 cm³/mol. The largest absolute Gasteiger partial charge is 0.454 e. The lowest BCUT2D eigenvalue weighted by Crippen LogP contribution is -2.35. The number of pyridine rings is 1. The van der Waals surface area contributed by atoms with E-state index in [0.29, 0.717) is 22.5 Å². The van der Waals surface area contributed by atoms with Crippen molar-refractivity contribution in [1.82, 2.24) is 23.8 Å². The zero-order chi connectivity index (χ0) is 37.8. The lowest BCUT2D eigenvalue weighted by molar-refractivity contribution is -0.121. The van der Waals surface area contributed by atoms with Crippen molar-refractivity contribution in [2.75, 3.05) is 5.32 Å². The van der Waals surface area contributed by atoms with Gasteiger partial charge in [-0.3, -0.25) is 23.9 Å². The molecule has 54 heavy (non-hydrogen) atoms. The summed E-state index contributed by atoms with van der Waals surface area (Å²) in [5.41, 5.74) is 0.319. The van der Waals surface area contributed by atoms with Crippen LogP contribution in [0, 0.1) is 11.6 Å². The van der Waals surface area contributed by atoms with Crippen LogP contribution >= 0.6 is 0 Å². The van der Waals surface area contributed by atoms with Gasteiger partial charge in [-0.25, -0.2) is 26.2 Å². The van der Waals surface area contributed by atoms with Crippen molar-refractivity contribution < 1.29 is 31.5 Å². The van der Waals surface area contributed by atoms with E-state index in [4.69, 9.17) is 4.74 Å². The molecule has 0 saturated heterocycles. The highest BCUT2D eigenvalue weighted by Gasteiger charge is 2.24. The molecule has 0 fully saturated rings. The average Bonchev–Trinajstić information content (AvgIpc) is 3.57. The van der Waals surface area contributed by atoms with Gasteiger partial charge in [-0.1, -0.05) is 48.5 Å². The molecule has 3 aromatic heterocycles. The van der Waals surface area contributed by atoms with E-state index < -0.39 is 45.6 Å². The molecule has 2 amide bonds. The van der Waals surface area contributed by atoms with Crippen LogP contribution < -0.4 is 20.9 Å². The maximum atomic E-state index is 14.0. The Morgan fingerprint density at radius 3 is 2.28 bits per heavy atom. The minimum absolute atomic E-state index is 0.0561. The number of carbonyl (C=O) groups excluding carboxylic acids is 2. The zero-order valence-corrected chi connectivity index (χ0v) is 28.8. The van der Waals surface area contributed by atoms with Crippen LogP contribution in [0.5, 0.6) is 11.5 Å². The van der Waals surface area contributed by atoms with Gasteiger partial charge in [-0.15, -0.1) is 0 Å². The third-order valence-corrected chi connectivity index (χ3v) is 10.0. The third-order valence-electron chi connectivity index (χ3n) is 8.25. The minimum atomic E-state index is -4.07. The molecule has 7 rings (SSSR count). The molecule has 270 valence electrons. The standard InChI is InChI=1S/C39H28F2N6O6S/c40-28-13-16-35(32(41)20-28)53-30-14-11-26(12-15-30)38(49)45-33-23-44-37(25-7-3-1-4-8-25)46(39(33)50)24-36(48)43-22-29-19-27-21-42-18-17-34(27)47(29)54(51,52)31-9-5-2-6-10-31/h1-21,23H,22,24H2,(H,43,48)(H,45,49). The highest BCUT2D eigenvalue weighted by Crippen LogP contribution is 2.27. The number of rotatable bonds is 11. The SMILES string of the molecule is O=C(Cn1c(-c2ccccc2)ncc(NC(=O)c2ccc(Oc3ccc(F)cc3F)cc2)c1=O)NCc1cc2cnccc2n1S(=O)(=O)c1ccccc1. The number of hydrogen-bond acceptors (Lipinski definition) is 8. The number of ether oxygens (including phenoxy) is 1. The Morgan fingerprint density at radius 1 is 0.833 bits per heavy atom. The van der Waals surface area contributed by atoms with Crippen molar-refractivity contribution >= 4 is 38.4 Å². The number of aromatic nitrogens is 4. The smallest absolute Gasteiger partial charge is 0.278 e. The van der Waals surface area contributed by atoms with Crippen molar-refractivity contribution in [2.45, 2.75) is 18.0 Å².